The lowest BCUT2D eigenvalue weighted by atomic mass is 10.1. The lowest BCUT2D eigenvalue weighted by molar-refractivity contribution is 0.0393. The molecule has 2 aromatic carbocycles. The molecule has 1 aliphatic heterocycles. The van der Waals surface area contributed by atoms with E-state index in [0.29, 0.717) is 35.1 Å². The lowest BCUT2D eigenvalue weighted by Gasteiger charge is -2.33. The van der Waals surface area contributed by atoms with Crippen LogP contribution in [0.15, 0.2) is 47.4 Å². The molecule has 1 saturated heterocycles. The van der Waals surface area contributed by atoms with E-state index in [1.807, 2.05) is 24.3 Å². The molecule has 1 aliphatic rings. The molecule has 0 bridgehead atoms. The van der Waals surface area contributed by atoms with Crippen LogP contribution < -0.4 is 4.90 Å². The van der Waals surface area contributed by atoms with Crippen molar-refractivity contribution >= 4 is 38.4 Å². The molecular weight excluding hydrogens is 386 g/mol. The van der Waals surface area contributed by atoms with Crippen LogP contribution in [0.5, 0.6) is 0 Å². The largest absolute Gasteiger partial charge is 0.370 e. The monoisotopic (exact) mass is 405 g/mol. The summed E-state index contributed by atoms with van der Waals surface area (Å²) in [4.78, 5) is 10.3. The first-order valence-corrected chi connectivity index (χ1v) is 10.8. The molecule has 1 unspecified atom stereocenters. The van der Waals surface area contributed by atoms with E-state index in [9.17, 15) is 8.42 Å². The number of sulfone groups is 1. The third-order valence-corrected chi connectivity index (χ3v) is 6.77. The van der Waals surface area contributed by atoms with Crippen molar-refractivity contribution in [2.45, 2.75) is 17.9 Å². The number of imidazole rings is 1. The molecule has 6 nitrogen and oxygen atoms in total. The Hall–Kier alpha value is -2.09. The van der Waals surface area contributed by atoms with Crippen LogP contribution in [0.3, 0.4) is 0 Å². The summed E-state index contributed by atoms with van der Waals surface area (Å²) in [7, 11) is -3.25. The molecule has 0 spiro atoms. The van der Waals surface area contributed by atoms with Crippen LogP contribution in [0.2, 0.25) is 5.02 Å². The van der Waals surface area contributed by atoms with Gasteiger partial charge < -0.3 is 14.6 Å². The molecule has 1 atom stereocenters. The standard InChI is InChI=1S/C19H20ClN3O3S/c1-2-27(24,25)15-7-8-16-17(11-15)22-19(21-16)23-9-10-26-18(12-23)13-3-5-14(20)6-4-13/h3-8,11,18H,2,9-10,12H2,1H3,(H,21,22). The van der Waals surface area contributed by atoms with Gasteiger partial charge in [-0.05, 0) is 35.9 Å². The smallest absolute Gasteiger partial charge is 0.204 e. The number of H-pyrrole nitrogens is 1. The SMILES string of the molecule is CCS(=O)(=O)c1ccc2nc(N3CCOC(c4ccc(Cl)cc4)C3)[nH]c2c1. The summed E-state index contributed by atoms with van der Waals surface area (Å²) >= 11 is 5.97. The van der Waals surface area contributed by atoms with Crippen molar-refractivity contribution in [3.8, 4) is 0 Å². The molecule has 27 heavy (non-hydrogen) atoms. The number of benzene rings is 2. The molecule has 1 N–H and O–H groups in total. The second kappa shape index (κ2) is 7.14. The van der Waals surface area contributed by atoms with Gasteiger partial charge in [-0.3, -0.25) is 0 Å². The third kappa shape index (κ3) is 3.67. The summed E-state index contributed by atoms with van der Waals surface area (Å²) in [5.41, 5.74) is 2.53. The van der Waals surface area contributed by atoms with Crippen molar-refractivity contribution in [1.29, 1.82) is 0 Å². The quantitative estimate of drug-likeness (QED) is 0.717. The van der Waals surface area contributed by atoms with Gasteiger partial charge in [0.1, 0.15) is 6.10 Å². The van der Waals surface area contributed by atoms with Crippen LogP contribution in [0.25, 0.3) is 11.0 Å². The maximum absolute atomic E-state index is 12.1. The Kier molecular flexibility index (Phi) is 4.84. The van der Waals surface area contributed by atoms with E-state index in [1.165, 1.54) is 0 Å². The summed E-state index contributed by atoms with van der Waals surface area (Å²) in [5.74, 6) is 0.796. The zero-order chi connectivity index (χ0) is 19.0. The second-order valence-electron chi connectivity index (χ2n) is 6.50. The number of halogens is 1. The maximum Gasteiger partial charge on any atom is 0.204 e. The van der Waals surface area contributed by atoms with Crippen molar-refractivity contribution in [1.82, 2.24) is 9.97 Å². The molecule has 2 heterocycles. The summed E-state index contributed by atoms with van der Waals surface area (Å²) < 4.78 is 30.1. The first-order valence-electron chi connectivity index (χ1n) is 8.81. The van der Waals surface area contributed by atoms with E-state index in [2.05, 4.69) is 14.9 Å². The number of anilines is 1. The third-order valence-electron chi connectivity index (χ3n) is 4.79. The Morgan fingerprint density at radius 1 is 1.26 bits per heavy atom. The molecule has 8 heteroatoms. The average Bonchev–Trinajstić information content (AvgIpc) is 3.12. The van der Waals surface area contributed by atoms with E-state index >= 15 is 0 Å². The number of fused-ring (bicyclic) bond motifs is 1. The van der Waals surface area contributed by atoms with E-state index < -0.39 is 9.84 Å². The zero-order valence-corrected chi connectivity index (χ0v) is 16.4. The first kappa shape index (κ1) is 18.3. The maximum atomic E-state index is 12.1. The topological polar surface area (TPSA) is 75.3 Å². The van der Waals surface area contributed by atoms with Gasteiger partial charge in [-0.15, -0.1) is 0 Å². The van der Waals surface area contributed by atoms with Crippen molar-refractivity contribution in [3.05, 3.63) is 53.1 Å². The van der Waals surface area contributed by atoms with Crippen LogP contribution in [0.1, 0.15) is 18.6 Å². The lowest BCUT2D eigenvalue weighted by Crippen LogP contribution is -2.39. The van der Waals surface area contributed by atoms with E-state index in [1.54, 1.807) is 25.1 Å². The van der Waals surface area contributed by atoms with Gasteiger partial charge in [0.05, 0.1) is 34.8 Å². The van der Waals surface area contributed by atoms with Crippen molar-refractivity contribution in [3.63, 3.8) is 0 Å². The Balaban J connectivity index is 1.60. The predicted molar refractivity (Wildman–Crippen MR) is 106 cm³/mol. The van der Waals surface area contributed by atoms with Gasteiger partial charge in [-0.2, -0.15) is 0 Å². The highest BCUT2D eigenvalue weighted by Crippen LogP contribution is 2.27. The highest BCUT2D eigenvalue weighted by Gasteiger charge is 2.24. The van der Waals surface area contributed by atoms with Crippen molar-refractivity contribution < 1.29 is 13.2 Å². The van der Waals surface area contributed by atoms with Crippen LogP contribution in [0.4, 0.5) is 5.95 Å². The molecular formula is C19H20ClN3O3S. The predicted octanol–water partition coefficient (Wildman–Crippen LogP) is 3.59. The fourth-order valence-corrected chi connectivity index (χ4v) is 4.24. The minimum absolute atomic E-state index is 0.0692. The molecule has 1 fully saturated rings. The Morgan fingerprint density at radius 3 is 2.78 bits per heavy atom. The van der Waals surface area contributed by atoms with Gasteiger partial charge >= 0.3 is 0 Å². The molecule has 4 rings (SSSR count). The molecule has 3 aromatic rings. The number of nitrogens with zero attached hydrogens (tertiary/aromatic N) is 2. The number of ether oxygens (including phenoxy) is 1. The summed E-state index contributed by atoms with van der Waals surface area (Å²) in [5, 5.41) is 0.696. The summed E-state index contributed by atoms with van der Waals surface area (Å²) in [6.07, 6.45) is -0.0692. The molecule has 1 aromatic heterocycles. The van der Waals surface area contributed by atoms with Crippen LogP contribution in [0, 0.1) is 0 Å². The second-order valence-corrected chi connectivity index (χ2v) is 9.21. The highest BCUT2D eigenvalue weighted by molar-refractivity contribution is 7.91. The van der Waals surface area contributed by atoms with E-state index in [0.717, 1.165) is 17.0 Å². The number of morpholine rings is 1. The van der Waals surface area contributed by atoms with Gasteiger partial charge in [0, 0.05) is 11.6 Å². The normalized spacial score (nSPS) is 18.1. The van der Waals surface area contributed by atoms with Gasteiger partial charge in [0.25, 0.3) is 0 Å². The summed E-state index contributed by atoms with van der Waals surface area (Å²) in [6, 6.07) is 12.7. The molecule has 0 radical (unpaired) electrons. The molecule has 0 aliphatic carbocycles. The van der Waals surface area contributed by atoms with Gasteiger partial charge in [-0.25, -0.2) is 13.4 Å². The van der Waals surface area contributed by atoms with Crippen LogP contribution in [-0.4, -0.2) is 43.8 Å². The molecule has 0 saturated carbocycles. The number of rotatable bonds is 4. The number of aromatic amines is 1. The first-order chi connectivity index (χ1) is 13.0. The van der Waals surface area contributed by atoms with Gasteiger partial charge in [0.2, 0.25) is 5.95 Å². The Morgan fingerprint density at radius 2 is 2.04 bits per heavy atom. The van der Waals surface area contributed by atoms with E-state index in [4.69, 9.17) is 16.3 Å². The van der Waals surface area contributed by atoms with Crippen LogP contribution in [-0.2, 0) is 14.6 Å². The van der Waals surface area contributed by atoms with Crippen molar-refractivity contribution in [2.24, 2.45) is 0 Å². The van der Waals surface area contributed by atoms with Gasteiger partial charge in [-0.1, -0.05) is 30.7 Å². The number of aromatic nitrogens is 2. The number of hydrogen-bond acceptors (Lipinski definition) is 5. The molecule has 142 valence electrons. The minimum Gasteiger partial charge on any atom is -0.370 e. The highest BCUT2D eigenvalue weighted by atomic mass is 35.5. The van der Waals surface area contributed by atoms with Gasteiger partial charge in [0.15, 0.2) is 9.84 Å². The van der Waals surface area contributed by atoms with E-state index in [-0.39, 0.29) is 11.9 Å². The van der Waals surface area contributed by atoms with Crippen molar-refractivity contribution in [2.75, 3.05) is 30.3 Å². The zero-order valence-electron chi connectivity index (χ0n) is 14.9. The Labute approximate surface area is 163 Å². The number of hydrogen-bond donors (Lipinski definition) is 1. The number of nitrogens with one attached hydrogen (secondary N) is 1. The summed E-state index contributed by atoms with van der Waals surface area (Å²) in [6.45, 7) is 3.59. The molecule has 0 amide bonds. The van der Waals surface area contributed by atoms with Crippen LogP contribution >= 0.6 is 11.6 Å². The average molecular weight is 406 g/mol. The Bertz CT molecular complexity index is 1060. The fraction of sp³-hybridized carbons (Fsp3) is 0.316. The minimum atomic E-state index is -3.25. The fourth-order valence-electron chi connectivity index (χ4n) is 3.21.